The van der Waals surface area contributed by atoms with E-state index in [-0.39, 0.29) is 17.4 Å². The summed E-state index contributed by atoms with van der Waals surface area (Å²) >= 11 is 0. The lowest BCUT2D eigenvalue weighted by Crippen LogP contribution is -2.40. The van der Waals surface area contributed by atoms with Gasteiger partial charge < -0.3 is 14.5 Å². The van der Waals surface area contributed by atoms with Crippen LogP contribution in [0.4, 0.5) is 4.39 Å². The number of likely N-dealkylation sites (tertiary alicyclic amines) is 1. The van der Waals surface area contributed by atoms with Crippen molar-refractivity contribution in [1.29, 1.82) is 0 Å². The van der Waals surface area contributed by atoms with Crippen molar-refractivity contribution < 1.29 is 13.9 Å². The van der Waals surface area contributed by atoms with Crippen LogP contribution >= 0.6 is 0 Å². The van der Waals surface area contributed by atoms with Crippen molar-refractivity contribution in [3.8, 4) is 0 Å². The molecule has 1 fully saturated rings. The van der Waals surface area contributed by atoms with Crippen molar-refractivity contribution in [1.82, 2.24) is 29.8 Å². The Kier molecular flexibility index (Phi) is 5.63. The molecule has 2 aromatic heterocycles. The Labute approximate surface area is 163 Å². The van der Waals surface area contributed by atoms with Gasteiger partial charge in [0.25, 0.3) is 5.91 Å². The number of fused-ring (bicyclic) bond motifs is 1. The summed E-state index contributed by atoms with van der Waals surface area (Å²) in [4.78, 5) is 20.5. The molecular formula is C19H25FN6O2. The van der Waals surface area contributed by atoms with Crippen LogP contribution in [0.5, 0.6) is 0 Å². The molecule has 0 aromatic carbocycles. The SMILES string of the molecule is Cn1nnc2c1[C@@H](COCCN1CCCC1)CN(C(=O)c1ccnc(F)c1)C2. The van der Waals surface area contributed by atoms with Crippen molar-refractivity contribution in [3.05, 3.63) is 41.2 Å². The number of amides is 1. The number of carbonyl (C=O) groups is 1. The molecule has 4 rings (SSSR count). The summed E-state index contributed by atoms with van der Waals surface area (Å²) in [7, 11) is 1.86. The highest BCUT2D eigenvalue weighted by Crippen LogP contribution is 2.28. The van der Waals surface area contributed by atoms with E-state index in [1.807, 2.05) is 7.05 Å². The zero-order chi connectivity index (χ0) is 19.5. The predicted molar refractivity (Wildman–Crippen MR) is 99.2 cm³/mol. The average molecular weight is 388 g/mol. The molecule has 0 unspecified atom stereocenters. The Morgan fingerprint density at radius 2 is 2.18 bits per heavy atom. The fraction of sp³-hybridized carbons (Fsp3) is 0.579. The van der Waals surface area contributed by atoms with Gasteiger partial charge in [0, 0.05) is 43.9 Å². The van der Waals surface area contributed by atoms with E-state index in [1.54, 1.807) is 9.58 Å². The Morgan fingerprint density at radius 3 is 2.96 bits per heavy atom. The first kappa shape index (κ1) is 18.9. The van der Waals surface area contributed by atoms with E-state index < -0.39 is 5.95 Å². The number of halogens is 1. The number of aryl methyl sites for hydroxylation is 1. The van der Waals surface area contributed by atoms with Gasteiger partial charge in [0.2, 0.25) is 5.95 Å². The first-order valence-electron chi connectivity index (χ1n) is 9.71. The summed E-state index contributed by atoms with van der Waals surface area (Å²) < 4.78 is 21.1. The van der Waals surface area contributed by atoms with Crippen molar-refractivity contribution >= 4 is 5.91 Å². The van der Waals surface area contributed by atoms with E-state index >= 15 is 0 Å². The number of hydrogen-bond donors (Lipinski definition) is 0. The third kappa shape index (κ3) is 4.05. The maximum absolute atomic E-state index is 13.4. The summed E-state index contributed by atoms with van der Waals surface area (Å²) in [5.41, 5.74) is 2.06. The molecule has 8 nitrogen and oxygen atoms in total. The summed E-state index contributed by atoms with van der Waals surface area (Å²) in [5, 5.41) is 8.33. The second-order valence-electron chi connectivity index (χ2n) is 7.42. The van der Waals surface area contributed by atoms with Crippen LogP contribution in [0, 0.1) is 5.95 Å². The van der Waals surface area contributed by atoms with Crippen LogP contribution in [-0.2, 0) is 18.3 Å². The van der Waals surface area contributed by atoms with Crippen molar-refractivity contribution in [2.24, 2.45) is 7.05 Å². The Balaban J connectivity index is 1.43. The molecule has 1 atom stereocenters. The first-order valence-corrected chi connectivity index (χ1v) is 9.71. The standard InChI is InChI=1S/C19H25FN6O2/c1-24-18-15(13-28-9-8-25-6-2-3-7-25)11-26(12-16(18)22-23-24)19(27)14-4-5-21-17(20)10-14/h4-5,10,15H,2-3,6-9,11-13H2,1H3/t15-/m1/s1. The third-order valence-electron chi connectivity index (χ3n) is 5.44. The molecular weight excluding hydrogens is 363 g/mol. The molecule has 2 aliphatic rings. The van der Waals surface area contributed by atoms with E-state index in [0.717, 1.165) is 37.1 Å². The van der Waals surface area contributed by atoms with Gasteiger partial charge >= 0.3 is 0 Å². The number of pyridine rings is 1. The molecule has 1 saturated heterocycles. The second-order valence-corrected chi connectivity index (χ2v) is 7.42. The molecule has 0 aliphatic carbocycles. The highest BCUT2D eigenvalue weighted by Gasteiger charge is 2.33. The lowest BCUT2D eigenvalue weighted by molar-refractivity contribution is 0.0603. The van der Waals surface area contributed by atoms with Gasteiger partial charge in [-0.25, -0.2) is 4.98 Å². The molecule has 0 saturated carbocycles. The van der Waals surface area contributed by atoms with E-state index in [2.05, 4.69) is 20.2 Å². The molecule has 0 spiro atoms. The van der Waals surface area contributed by atoms with E-state index in [9.17, 15) is 9.18 Å². The Morgan fingerprint density at radius 1 is 1.36 bits per heavy atom. The predicted octanol–water partition coefficient (Wildman–Crippen LogP) is 1.20. The fourth-order valence-electron chi connectivity index (χ4n) is 4.05. The minimum atomic E-state index is -0.662. The number of rotatable bonds is 6. The molecule has 4 heterocycles. The quantitative estimate of drug-likeness (QED) is 0.547. The third-order valence-corrected chi connectivity index (χ3v) is 5.44. The summed E-state index contributed by atoms with van der Waals surface area (Å²) in [6.45, 7) is 5.23. The summed E-state index contributed by atoms with van der Waals surface area (Å²) in [5.74, 6) is -0.914. The molecule has 2 aliphatic heterocycles. The lowest BCUT2D eigenvalue weighted by atomic mass is 9.98. The maximum atomic E-state index is 13.4. The van der Waals surface area contributed by atoms with Crippen LogP contribution in [0.25, 0.3) is 0 Å². The van der Waals surface area contributed by atoms with E-state index in [1.165, 1.54) is 25.1 Å². The van der Waals surface area contributed by atoms with Crippen LogP contribution in [0.3, 0.4) is 0 Å². The topological polar surface area (TPSA) is 76.4 Å². The fourth-order valence-corrected chi connectivity index (χ4v) is 4.05. The number of aromatic nitrogens is 4. The molecule has 9 heteroatoms. The van der Waals surface area contributed by atoms with Crippen LogP contribution in [0.2, 0.25) is 0 Å². The minimum Gasteiger partial charge on any atom is -0.379 e. The molecule has 0 bridgehead atoms. The van der Waals surface area contributed by atoms with E-state index in [4.69, 9.17) is 4.74 Å². The number of carbonyl (C=O) groups excluding carboxylic acids is 1. The molecule has 150 valence electrons. The number of nitrogens with zero attached hydrogens (tertiary/aromatic N) is 6. The minimum absolute atomic E-state index is 0.0158. The highest BCUT2D eigenvalue weighted by atomic mass is 19.1. The van der Waals surface area contributed by atoms with Gasteiger partial charge in [-0.2, -0.15) is 4.39 Å². The van der Waals surface area contributed by atoms with Crippen molar-refractivity contribution in [2.45, 2.75) is 25.3 Å². The molecule has 2 aromatic rings. The number of hydrogen-bond acceptors (Lipinski definition) is 6. The zero-order valence-corrected chi connectivity index (χ0v) is 16.1. The Hall–Kier alpha value is -2.39. The van der Waals surface area contributed by atoms with Gasteiger partial charge in [0.1, 0.15) is 5.69 Å². The Bertz CT molecular complexity index is 836. The van der Waals surface area contributed by atoms with Gasteiger partial charge in [0.15, 0.2) is 0 Å². The largest absolute Gasteiger partial charge is 0.379 e. The van der Waals surface area contributed by atoms with Gasteiger partial charge in [-0.05, 0) is 32.0 Å². The van der Waals surface area contributed by atoms with Gasteiger partial charge in [-0.3, -0.25) is 9.48 Å². The lowest BCUT2D eigenvalue weighted by Gasteiger charge is -2.32. The molecule has 0 N–H and O–H groups in total. The molecule has 0 radical (unpaired) electrons. The maximum Gasteiger partial charge on any atom is 0.254 e. The zero-order valence-electron chi connectivity index (χ0n) is 16.1. The monoisotopic (exact) mass is 388 g/mol. The van der Waals surface area contributed by atoms with Gasteiger partial charge in [-0.1, -0.05) is 5.21 Å². The van der Waals surface area contributed by atoms with Crippen molar-refractivity contribution in [2.75, 3.05) is 39.4 Å². The normalized spacial score (nSPS) is 19.8. The average Bonchev–Trinajstić information content (AvgIpc) is 3.34. The van der Waals surface area contributed by atoms with Crippen LogP contribution in [0.15, 0.2) is 18.3 Å². The molecule has 1 amide bonds. The summed E-state index contributed by atoms with van der Waals surface area (Å²) in [6, 6.07) is 2.69. The van der Waals surface area contributed by atoms with Crippen molar-refractivity contribution in [3.63, 3.8) is 0 Å². The highest BCUT2D eigenvalue weighted by molar-refractivity contribution is 5.94. The van der Waals surface area contributed by atoms with Crippen LogP contribution in [0.1, 0.15) is 40.5 Å². The van der Waals surface area contributed by atoms with Crippen LogP contribution in [-0.4, -0.2) is 75.1 Å². The summed E-state index contributed by atoms with van der Waals surface area (Å²) in [6.07, 6.45) is 3.83. The first-order chi connectivity index (χ1) is 13.6. The van der Waals surface area contributed by atoms with Gasteiger partial charge in [0.05, 0.1) is 25.5 Å². The molecule has 28 heavy (non-hydrogen) atoms. The van der Waals surface area contributed by atoms with E-state index in [0.29, 0.717) is 26.3 Å². The van der Waals surface area contributed by atoms with Gasteiger partial charge in [-0.15, -0.1) is 5.10 Å². The number of ether oxygens (including phenoxy) is 1. The second kappa shape index (κ2) is 8.32. The van der Waals surface area contributed by atoms with Crippen LogP contribution < -0.4 is 0 Å². The smallest absolute Gasteiger partial charge is 0.254 e.